The Hall–Kier alpha value is -2.45. The van der Waals surface area contributed by atoms with E-state index >= 15 is 0 Å². The van der Waals surface area contributed by atoms with Crippen LogP contribution in [0, 0.1) is 11.7 Å². The fourth-order valence-electron chi connectivity index (χ4n) is 4.32. The molecule has 7 nitrogen and oxygen atoms in total. The van der Waals surface area contributed by atoms with Crippen LogP contribution in [-0.4, -0.2) is 48.5 Å². The molecule has 160 valence electrons. The standard InChI is InChI=1S/C22H27FN4O3/c1-28-20-21(27-19-5-4-14(7-18(19)23)6-13-2-3-13)24-12-25-22(20)30-17-8-15-10-29-11-16(9-17)26-15/h4-5,7,12-13,15-17,26H,2-3,6,8-11H2,1H3,(H,24,25,27). The molecule has 2 bridgehead atoms. The lowest BCUT2D eigenvalue weighted by molar-refractivity contribution is -0.0137. The zero-order valence-electron chi connectivity index (χ0n) is 17.1. The lowest BCUT2D eigenvalue weighted by Gasteiger charge is -2.39. The average molecular weight is 414 g/mol. The highest BCUT2D eigenvalue weighted by Gasteiger charge is 2.34. The van der Waals surface area contributed by atoms with Gasteiger partial charge < -0.3 is 24.8 Å². The number of hydrogen-bond donors (Lipinski definition) is 2. The third-order valence-electron chi connectivity index (χ3n) is 5.97. The number of hydrogen-bond acceptors (Lipinski definition) is 7. The SMILES string of the molecule is COc1c(Nc2ccc(CC3CC3)cc2F)ncnc1OC1CC2COCC(C1)N2. The van der Waals surface area contributed by atoms with Crippen LogP contribution in [0.25, 0.3) is 0 Å². The Bertz CT molecular complexity index is 896. The van der Waals surface area contributed by atoms with Gasteiger partial charge in [0, 0.05) is 24.9 Å². The molecule has 2 N–H and O–H groups in total. The summed E-state index contributed by atoms with van der Waals surface area (Å²) in [6, 6.07) is 5.89. The summed E-state index contributed by atoms with van der Waals surface area (Å²) < 4.78 is 32.0. The molecular formula is C22H27FN4O3. The van der Waals surface area contributed by atoms with Crippen LogP contribution in [0.15, 0.2) is 24.5 Å². The van der Waals surface area contributed by atoms with Gasteiger partial charge in [0.05, 0.1) is 26.0 Å². The van der Waals surface area contributed by atoms with Gasteiger partial charge in [-0.05, 0) is 42.9 Å². The maximum Gasteiger partial charge on any atom is 0.262 e. The quantitative estimate of drug-likeness (QED) is 0.720. The van der Waals surface area contributed by atoms with E-state index in [2.05, 4.69) is 20.6 Å². The minimum atomic E-state index is -0.303. The molecule has 1 aromatic heterocycles. The Kier molecular flexibility index (Phi) is 5.43. The molecule has 30 heavy (non-hydrogen) atoms. The van der Waals surface area contributed by atoms with Crippen molar-refractivity contribution in [3.63, 3.8) is 0 Å². The molecule has 1 aromatic carbocycles. The van der Waals surface area contributed by atoms with Crippen molar-refractivity contribution in [3.8, 4) is 11.6 Å². The molecule has 2 aromatic rings. The van der Waals surface area contributed by atoms with Crippen LogP contribution < -0.4 is 20.1 Å². The minimum absolute atomic E-state index is 0.0141. The van der Waals surface area contributed by atoms with Gasteiger partial charge in [0.2, 0.25) is 5.75 Å². The van der Waals surface area contributed by atoms with Crippen molar-refractivity contribution in [3.05, 3.63) is 35.9 Å². The van der Waals surface area contributed by atoms with Crippen molar-refractivity contribution in [1.29, 1.82) is 0 Å². The van der Waals surface area contributed by atoms with Crippen LogP contribution in [0.3, 0.4) is 0 Å². The Balaban J connectivity index is 1.32. The van der Waals surface area contributed by atoms with Crippen molar-refractivity contribution in [2.24, 2.45) is 5.92 Å². The number of ether oxygens (including phenoxy) is 3. The van der Waals surface area contributed by atoms with Crippen molar-refractivity contribution in [1.82, 2.24) is 15.3 Å². The first kappa shape index (κ1) is 19.5. The highest BCUT2D eigenvalue weighted by atomic mass is 19.1. The van der Waals surface area contributed by atoms with E-state index < -0.39 is 0 Å². The Morgan fingerprint density at radius 1 is 1.20 bits per heavy atom. The smallest absolute Gasteiger partial charge is 0.262 e. The van der Waals surface area contributed by atoms with Gasteiger partial charge >= 0.3 is 0 Å². The first-order valence-electron chi connectivity index (χ1n) is 10.6. The van der Waals surface area contributed by atoms with E-state index in [-0.39, 0.29) is 24.0 Å². The number of piperidine rings is 1. The second kappa shape index (κ2) is 8.35. The largest absolute Gasteiger partial charge is 0.489 e. The van der Waals surface area contributed by atoms with E-state index in [9.17, 15) is 4.39 Å². The number of benzene rings is 1. The summed E-state index contributed by atoms with van der Waals surface area (Å²) in [4.78, 5) is 8.52. The van der Waals surface area contributed by atoms with E-state index in [0.717, 1.165) is 24.8 Å². The summed E-state index contributed by atoms with van der Waals surface area (Å²) in [5.41, 5.74) is 1.38. The first-order valence-corrected chi connectivity index (χ1v) is 10.6. The van der Waals surface area contributed by atoms with Crippen molar-refractivity contribution >= 4 is 11.5 Å². The van der Waals surface area contributed by atoms with Crippen LogP contribution in [0.4, 0.5) is 15.9 Å². The molecule has 8 heteroatoms. The van der Waals surface area contributed by atoms with Crippen LogP contribution in [-0.2, 0) is 11.2 Å². The van der Waals surface area contributed by atoms with E-state index in [1.54, 1.807) is 12.1 Å². The van der Waals surface area contributed by atoms with E-state index in [1.807, 2.05) is 6.07 Å². The number of methoxy groups -OCH3 is 1. The number of aromatic nitrogens is 2. The number of fused-ring (bicyclic) bond motifs is 2. The molecular weight excluding hydrogens is 387 g/mol. The van der Waals surface area contributed by atoms with Gasteiger partial charge in [-0.1, -0.05) is 6.07 Å². The molecule has 0 radical (unpaired) electrons. The number of morpholine rings is 1. The van der Waals surface area contributed by atoms with Crippen LogP contribution in [0.5, 0.6) is 11.6 Å². The molecule has 5 rings (SSSR count). The van der Waals surface area contributed by atoms with Gasteiger partial charge in [-0.25, -0.2) is 9.37 Å². The third kappa shape index (κ3) is 4.34. The van der Waals surface area contributed by atoms with Gasteiger partial charge in [0.15, 0.2) is 5.82 Å². The zero-order valence-corrected chi connectivity index (χ0v) is 17.1. The lowest BCUT2D eigenvalue weighted by Crippen LogP contribution is -2.56. The fourth-order valence-corrected chi connectivity index (χ4v) is 4.32. The predicted octanol–water partition coefficient (Wildman–Crippen LogP) is 3.22. The second-order valence-corrected chi connectivity index (χ2v) is 8.46. The third-order valence-corrected chi connectivity index (χ3v) is 5.97. The molecule has 0 spiro atoms. The Morgan fingerprint density at radius 2 is 2.00 bits per heavy atom. The number of nitrogens with zero attached hydrogens (tertiary/aromatic N) is 2. The normalized spacial score (nSPS) is 25.6. The number of halogens is 1. The van der Waals surface area contributed by atoms with Crippen molar-refractivity contribution in [2.75, 3.05) is 25.6 Å². The van der Waals surface area contributed by atoms with Gasteiger partial charge in [-0.15, -0.1) is 0 Å². The maximum absolute atomic E-state index is 14.7. The number of nitrogens with one attached hydrogen (secondary N) is 2. The van der Waals surface area contributed by atoms with Gasteiger partial charge in [-0.3, -0.25) is 0 Å². The topological polar surface area (TPSA) is 77.5 Å². The molecule has 1 saturated carbocycles. The Labute approximate surface area is 175 Å². The zero-order chi connectivity index (χ0) is 20.5. The molecule has 2 unspecified atom stereocenters. The molecule has 1 aliphatic carbocycles. The second-order valence-electron chi connectivity index (χ2n) is 8.46. The van der Waals surface area contributed by atoms with Crippen molar-refractivity contribution < 1.29 is 18.6 Å². The maximum atomic E-state index is 14.7. The Morgan fingerprint density at radius 3 is 2.70 bits per heavy atom. The monoisotopic (exact) mass is 414 g/mol. The summed E-state index contributed by atoms with van der Waals surface area (Å²) >= 11 is 0. The number of rotatable bonds is 7. The van der Waals surface area contributed by atoms with Crippen LogP contribution >= 0.6 is 0 Å². The summed E-state index contributed by atoms with van der Waals surface area (Å²) in [6.45, 7) is 1.39. The molecule has 2 aliphatic heterocycles. The molecule has 0 amide bonds. The number of anilines is 2. The van der Waals surface area contributed by atoms with Crippen LogP contribution in [0.1, 0.15) is 31.2 Å². The van der Waals surface area contributed by atoms with Gasteiger partial charge in [-0.2, -0.15) is 4.98 Å². The van der Waals surface area contributed by atoms with E-state index in [1.165, 1.54) is 26.3 Å². The molecule has 3 aliphatic rings. The highest BCUT2D eigenvalue weighted by Crippen LogP contribution is 2.36. The molecule has 2 atom stereocenters. The average Bonchev–Trinajstić information content (AvgIpc) is 3.54. The van der Waals surface area contributed by atoms with Gasteiger partial charge in [0.25, 0.3) is 5.88 Å². The predicted molar refractivity (Wildman–Crippen MR) is 110 cm³/mol. The fraction of sp³-hybridized carbons (Fsp3) is 0.545. The highest BCUT2D eigenvalue weighted by molar-refractivity contribution is 5.65. The van der Waals surface area contributed by atoms with Crippen LogP contribution in [0.2, 0.25) is 0 Å². The van der Waals surface area contributed by atoms with Gasteiger partial charge in [0.1, 0.15) is 18.2 Å². The molecule has 3 heterocycles. The summed E-state index contributed by atoms with van der Waals surface area (Å²) in [7, 11) is 1.54. The molecule has 2 saturated heterocycles. The minimum Gasteiger partial charge on any atom is -0.489 e. The summed E-state index contributed by atoms with van der Waals surface area (Å²) in [6.07, 6.45) is 6.52. The van der Waals surface area contributed by atoms with E-state index in [4.69, 9.17) is 14.2 Å². The summed E-state index contributed by atoms with van der Waals surface area (Å²) in [5.74, 6) is 1.53. The molecule has 3 fully saturated rings. The van der Waals surface area contributed by atoms with Crippen molar-refractivity contribution in [2.45, 2.75) is 50.3 Å². The summed E-state index contributed by atoms with van der Waals surface area (Å²) in [5, 5.41) is 6.59. The lowest BCUT2D eigenvalue weighted by atomic mass is 9.95. The first-order chi connectivity index (χ1) is 14.7. The van der Waals surface area contributed by atoms with E-state index in [0.29, 0.717) is 42.3 Å².